The molecule has 0 bridgehead atoms. The van der Waals surface area contributed by atoms with Gasteiger partial charge >= 0.3 is 0 Å². The first kappa shape index (κ1) is 8.70. The summed E-state index contributed by atoms with van der Waals surface area (Å²) < 4.78 is 0. The van der Waals surface area contributed by atoms with Crippen LogP contribution in [0.2, 0.25) is 0 Å². The van der Waals surface area contributed by atoms with Gasteiger partial charge in [0, 0.05) is 16.3 Å². The normalized spacial score (nSPS) is 11.4. The molecule has 2 rings (SSSR count). The van der Waals surface area contributed by atoms with Crippen molar-refractivity contribution in [2.24, 2.45) is 0 Å². The minimum atomic E-state index is 0.304. The second-order valence-electron chi connectivity index (χ2n) is 3.36. The highest BCUT2D eigenvalue weighted by molar-refractivity contribution is 7.95. The Morgan fingerprint density at radius 1 is 1.15 bits per heavy atom. The van der Waals surface area contributed by atoms with Crippen molar-refractivity contribution in [2.75, 3.05) is 12.5 Å². The van der Waals surface area contributed by atoms with Gasteiger partial charge < -0.3 is 4.98 Å². The number of rotatable bonds is 1. The fourth-order valence-corrected chi connectivity index (χ4v) is 2.95. The number of fused-ring (bicyclic) bond motifs is 1. The zero-order chi connectivity index (χ0) is 9.42. The van der Waals surface area contributed by atoms with Gasteiger partial charge in [0.2, 0.25) is 0 Å². The third-order valence-corrected chi connectivity index (χ3v) is 3.51. The Bertz CT molecular complexity index is 429. The summed E-state index contributed by atoms with van der Waals surface area (Å²) >= 11 is 0. The number of benzene rings is 1. The number of hydrogen-bond acceptors (Lipinski definition) is 0. The van der Waals surface area contributed by atoms with E-state index in [-0.39, 0.29) is 0 Å². The molecule has 0 fully saturated rings. The zero-order valence-electron chi connectivity index (χ0n) is 8.16. The van der Waals surface area contributed by atoms with Crippen molar-refractivity contribution >= 4 is 21.8 Å². The van der Waals surface area contributed by atoms with Crippen molar-refractivity contribution in [3.8, 4) is 0 Å². The fourth-order valence-electron chi connectivity index (χ4n) is 1.70. The van der Waals surface area contributed by atoms with Crippen LogP contribution in [0.4, 0.5) is 0 Å². The molecule has 1 aromatic heterocycles. The molecule has 0 radical (unpaired) electrons. The van der Waals surface area contributed by atoms with Crippen LogP contribution in [-0.2, 0) is 10.9 Å². The van der Waals surface area contributed by atoms with E-state index in [4.69, 9.17) is 0 Å². The topological polar surface area (TPSA) is 14.1 Å². The largest absolute Gasteiger partial charge is 0.657 e. The average molecular weight is 191 g/mol. The van der Waals surface area contributed by atoms with E-state index in [1.165, 1.54) is 16.0 Å². The van der Waals surface area contributed by atoms with Crippen LogP contribution >= 0.6 is 0 Å². The van der Waals surface area contributed by atoms with Gasteiger partial charge in [-0.25, -0.2) is 0 Å². The van der Waals surface area contributed by atoms with Crippen LogP contribution in [0.1, 0.15) is 5.69 Å². The van der Waals surface area contributed by atoms with Gasteiger partial charge in [0.1, 0.15) is 17.4 Å². The fraction of sp³-hybridized carbons (Fsp3) is 0.273. The highest BCUT2D eigenvalue weighted by Crippen LogP contribution is 2.25. The monoisotopic (exact) mass is 191 g/mol. The summed E-state index contributed by atoms with van der Waals surface area (Å²) in [6.45, 7) is 2.10. The van der Waals surface area contributed by atoms with Crippen LogP contribution in [0, 0.1) is 6.92 Å². The lowest BCUT2D eigenvalue weighted by Gasteiger charge is -1.99. The number of nitrogens with zero attached hydrogens (tertiary/aromatic N) is 1. The van der Waals surface area contributed by atoms with Crippen LogP contribution in [0.5, 0.6) is 0 Å². The summed E-state index contributed by atoms with van der Waals surface area (Å²) in [6, 6.07) is 8.37. The van der Waals surface area contributed by atoms with Crippen LogP contribution in [0.25, 0.3) is 10.9 Å². The minimum Gasteiger partial charge on any atom is -0.657 e. The molecule has 0 amide bonds. The van der Waals surface area contributed by atoms with Gasteiger partial charge in [0.25, 0.3) is 0 Å². The van der Waals surface area contributed by atoms with Gasteiger partial charge in [-0.3, -0.25) is 0 Å². The smallest absolute Gasteiger partial charge is 0.141 e. The summed E-state index contributed by atoms with van der Waals surface area (Å²) in [5, 5.41) is 1.33. The predicted molar refractivity (Wildman–Crippen MR) is 59.5 cm³/mol. The van der Waals surface area contributed by atoms with Gasteiger partial charge in [-0.15, -0.1) is 11.2 Å². The summed E-state index contributed by atoms with van der Waals surface area (Å²) in [7, 11) is 0.304. The Labute approximate surface area is 81.5 Å². The second kappa shape index (κ2) is 3.11. The van der Waals surface area contributed by atoms with E-state index in [1.807, 2.05) is 6.07 Å². The molecule has 0 aliphatic heterocycles. The van der Waals surface area contributed by atoms with E-state index in [9.17, 15) is 0 Å². The van der Waals surface area contributed by atoms with Crippen molar-refractivity contribution in [3.63, 3.8) is 0 Å². The van der Waals surface area contributed by atoms with Gasteiger partial charge in [-0.1, -0.05) is 31.2 Å². The Morgan fingerprint density at radius 2 is 1.85 bits per heavy atom. The molecule has 0 spiro atoms. The summed E-state index contributed by atoms with van der Waals surface area (Å²) in [4.78, 5) is 5.97. The molecule has 0 N–H and O–H groups in total. The lowest BCUT2D eigenvalue weighted by molar-refractivity contribution is 1.20. The number of hydrogen-bond donors (Lipinski definition) is 0. The maximum absolute atomic E-state index is 4.54. The summed E-state index contributed by atoms with van der Waals surface area (Å²) in [5.41, 5.74) is 2.32. The van der Waals surface area contributed by atoms with Crippen LogP contribution in [0.15, 0.2) is 29.2 Å². The number of para-hydroxylation sites is 1. The third kappa shape index (κ3) is 1.35. The molecule has 13 heavy (non-hydrogen) atoms. The molecule has 0 saturated heterocycles. The van der Waals surface area contributed by atoms with Crippen molar-refractivity contribution in [1.82, 2.24) is 4.98 Å². The van der Waals surface area contributed by atoms with Gasteiger partial charge in [-0.05, 0) is 0 Å². The van der Waals surface area contributed by atoms with Crippen LogP contribution < -0.4 is 4.98 Å². The maximum Gasteiger partial charge on any atom is 0.141 e. The Hall–Kier alpha value is -0.890. The number of aryl methyl sites for hydroxylation is 1. The molecule has 1 aromatic carbocycles. The van der Waals surface area contributed by atoms with Gasteiger partial charge in [0.15, 0.2) is 0 Å². The molecular weight excluding hydrogens is 178 g/mol. The van der Waals surface area contributed by atoms with E-state index >= 15 is 0 Å². The van der Waals surface area contributed by atoms with Crippen LogP contribution in [-0.4, -0.2) is 12.5 Å². The molecular formula is C11H13NS. The SMILES string of the molecule is Cc1[n-]c2ccccc2c1[S+](C)C. The standard InChI is InChI=1S/C11H13NS/c1-8-11(13(2)3)9-6-4-5-7-10(9)12-8/h4-7H,1-3H3. The molecule has 0 unspecified atom stereocenters. The van der Waals surface area contributed by atoms with Gasteiger partial charge in [0.05, 0.1) is 0 Å². The first-order valence-corrected chi connectivity index (χ1v) is 6.34. The molecule has 1 nitrogen and oxygen atoms in total. The van der Waals surface area contributed by atoms with E-state index < -0.39 is 0 Å². The maximum atomic E-state index is 4.54. The lowest BCUT2D eigenvalue weighted by Crippen LogP contribution is -1.96. The average Bonchev–Trinajstić information content (AvgIpc) is 2.39. The third-order valence-electron chi connectivity index (χ3n) is 2.17. The molecule has 0 saturated carbocycles. The lowest BCUT2D eigenvalue weighted by atomic mass is 10.2. The highest BCUT2D eigenvalue weighted by Gasteiger charge is 2.12. The van der Waals surface area contributed by atoms with E-state index in [0.29, 0.717) is 10.9 Å². The first-order valence-electron chi connectivity index (χ1n) is 4.30. The molecule has 2 heteroatoms. The molecule has 1 heterocycles. The Morgan fingerprint density at radius 3 is 2.54 bits per heavy atom. The zero-order valence-corrected chi connectivity index (χ0v) is 8.98. The van der Waals surface area contributed by atoms with Crippen molar-refractivity contribution in [1.29, 1.82) is 0 Å². The molecule has 0 aliphatic carbocycles. The Balaban J connectivity index is 2.78. The van der Waals surface area contributed by atoms with E-state index in [2.05, 4.69) is 42.6 Å². The number of aromatic nitrogens is 1. The molecule has 0 aliphatic rings. The van der Waals surface area contributed by atoms with E-state index in [1.54, 1.807) is 0 Å². The Kier molecular flexibility index (Phi) is 2.08. The molecule has 0 atom stereocenters. The van der Waals surface area contributed by atoms with Crippen molar-refractivity contribution < 1.29 is 0 Å². The minimum absolute atomic E-state index is 0.304. The summed E-state index contributed by atoms with van der Waals surface area (Å²) in [6.07, 6.45) is 4.49. The van der Waals surface area contributed by atoms with Crippen molar-refractivity contribution in [2.45, 2.75) is 11.8 Å². The second-order valence-corrected chi connectivity index (χ2v) is 5.40. The van der Waals surface area contributed by atoms with Crippen molar-refractivity contribution in [3.05, 3.63) is 30.0 Å². The molecule has 68 valence electrons. The molecule has 2 aromatic rings. The predicted octanol–water partition coefficient (Wildman–Crippen LogP) is 2.34. The van der Waals surface area contributed by atoms with E-state index in [0.717, 1.165) is 5.52 Å². The summed E-state index contributed by atoms with van der Waals surface area (Å²) in [5.74, 6) is 0. The van der Waals surface area contributed by atoms with Gasteiger partial charge in [-0.2, -0.15) is 0 Å². The highest BCUT2D eigenvalue weighted by atomic mass is 32.2. The quantitative estimate of drug-likeness (QED) is 0.631. The first-order chi connectivity index (χ1) is 6.20. The van der Waals surface area contributed by atoms with Crippen LogP contribution in [0.3, 0.4) is 0 Å².